The molecule has 0 spiro atoms. The third-order valence-corrected chi connectivity index (χ3v) is 7.56. The zero-order valence-electron chi connectivity index (χ0n) is 23.5. The molecule has 10 heteroatoms. The highest BCUT2D eigenvalue weighted by atomic mass is 16.4. The Morgan fingerprint density at radius 3 is 2.46 bits per heavy atom. The molecule has 0 radical (unpaired) electrons. The van der Waals surface area contributed by atoms with E-state index < -0.39 is 23.5 Å². The minimum absolute atomic E-state index is 0.0295. The summed E-state index contributed by atoms with van der Waals surface area (Å²) in [6.45, 7) is 6.40. The molecule has 10 nitrogen and oxygen atoms in total. The van der Waals surface area contributed by atoms with Crippen LogP contribution in [-0.2, 0) is 19.9 Å². The highest BCUT2D eigenvalue weighted by molar-refractivity contribution is 6.00. The van der Waals surface area contributed by atoms with Crippen LogP contribution in [0.1, 0.15) is 62.3 Å². The quantitative estimate of drug-likeness (QED) is 0.261. The molecule has 1 aliphatic heterocycles. The van der Waals surface area contributed by atoms with E-state index in [9.17, 15) is 24.3 Å². The van der Waals surface area contributed by atoms with Crippen molar-refractivity contribution in [1.82, 2.24) is 10.2 Å². The number of likely N-dealkylation sites (tertiary alicyclic amines) is 1. The highest BCUT2D eigenvalue weighted by Crippen LogP contribution is 2.34. The number of carboxylic acid groups (broad SMARTS) is 1. The number of rotatable bonds is 10. The number of amides is 4. The van der Waals surface area contributed by atoms with Gasteiger partial charge in [0.15, 0.2) is 0 Å². The largest absolute Gasteiger partial charge is 0.481 e. The minimum atomic E-state index is -1.05. The molecule has 2 heterocycles. The molecule has 2 atom stereocenters. The van der Waals surface area contributed by atoms with Gasteiger partial charge >= 0.3 is 12.0 Å². The Labute approximate surface area is 239 Å². The molecule has 1 aliphatic rings. The van der Waals surface area contributed by atoms with E-state index in [4.69, 9.17) is 4.42 Å². The lowest BCUT2D eigenvalue weighted by atomic mass is 9.85. The average molecular weight is 561 g/mol. The van der Waals surface area contributed by atoms with Crippen molar-refractivity contribution in [1.29, 1.82) is 0 Å². The normalized spacial score (nSPS) is 16.1. The second-order valence-corrected chi connectivity index (χ2v) is 10.8. The summed E-state index contributed by atoms with van der Waals surface area (Å²) in [5.41, 5.74) is 3.10. The number of carboxylic acids is 1. The molecule has 4 N–H and O–H groups in total. The lowest BCUT2D eigenvalue weighted by Crippen LogP contribution is -2.52. The fourth-order valence-corrected chi connectivity index (χ4v) is 5.19. The summed E-state index contributed by atoms with van der Waals surface area (Å²) in [6.07, 6.45) is 3.82. The number of aliphatic carboxylic acids is 1. The second-order valence-electron chi connectivity index (χ2n) is 10.8. The minimum Gasteiger partial charge on any atom is -0.481 e. The summed E-state index contributed by atoms with van der Waals surface area (Å²) in [4.78, 5) is 52.0. The van der Waals surface area contributed by atoms with Crippen LogP contribution in [0.15, 0.2) is 71.5 Å². The van der Waals surface area contributed by atoms with Crippen molar-refractivity contribution >= 4 is 35.2 Å². The van der Waals surface area contributed by atoms with E-state index in [0.717, 1.165) is 23.2 Å². The number of hydrogen-bond donors (Lipinski definition) is 4. The van der Waals surface area contributed by atoms with Crippen LogP contribution in [0.4, 0.5) is 16.2 Å². The van der Waals surface area contributed by atoms with Gasteiger partial charge in [-0.15, -0.1) is 0 Å². The Morgan fingerprint density at radius 2 is 1.80 bits per heavy atom. The van der Waals surface area contributed by atoms with Gasteiger partial charge in [-0.2, -0.15) is 0 Å². The summed E-state index contributed by atoms with van der Waals surface area (Å²) in [6, 6.07) is 15.4. The first-order valence-corrected chi connectivity index (χ1v) is 13.6. The zero-order valence-corrected chi connectivity index (χ0v) is 23.5. The number of aryl methyl sites for hydroxylation is 1. The number of benzene rings is 2. The predicted molar refractivity (Wildman–Crippen MR) is 154 cm³/mol. The molecule has 0 bridgehead atoms. The van der Waals surface area contributed by atoms with Gasteiger partial charge in [-0.25, -0.2) is 4.79 Å². The van der Waals surface area contributed by atoms with Gasteiger partial charge in [-0.3, -0.25) is 14.4 Å². The Kier molecular flexibility index (Phi) is 9.11. The maximum Gasteiger partial charge on any atom is 0.323 e. The van der Waals surface area contributed by atoms with Crippen molar-refractivity contribution < 1.29 is 28.7 Å². The SMILES string of the molecule is Cc1ccccc1NC(=O)Nc1ccc(C(C)(C)N2CCCC(CC(=O)NC(CC(=O)O)c3ccoc3)C2=O)cc1. The van der Waals surface area contributed by atoms with Crippen molar-refractivity contribution in [3.05, 3.63) is 83.8 Å². The van der Waals surface area contributed by atoms with Crippen molar-refractivity contribution in [3.63, 3.8) is 0 Å². The zero-order chi connectivity index (χ0) is 29.6. The molecule has 3 aromatic rings. The number of carbonyl (C=O) groups is 4. The van der Waals surface area contributed by atoms with Gasteiger partial charge in [0.25, 0.3) is 0 Å². The molecular weight excluding hydrogens is 524 g/mol. The molecule has 2 aromatic carbocycles. The van der Waals surface area contributed by atoms with Gasteiger partial charge in [0.2, 0.25) is 11.8 Å². The van der Waals surface area contributed by atoms with Crippen LogP contribution in [0.25, 0.3) is 0 Å². The number of carbonyl (C=O) groups excluding carboxylic acids is 3. The van der Waals surface area contributed by atoms with E-state index in [1.54, 1.807) is 23.1 Å². The number of hydrogen-bond acceptors (Lipinski definition) is 5. The van der Waals surface area contributed by atoms with Gasteiger partial charge in [-0.05, 0) is 69.0 Å². The molecule has 4 rings (SSSR count). The second kappa shape index (κ2) is 12.7. The van der Waals surface area contributed by atoms with E-state index in [2.05, 4.69) is 16.0 Å². The van der Waals surface area contributed by atoms with Gasteiger partial charge < -0.3 is 30.4 Å². The summed E-state index contributed by atoms with van der Waals surface area (Å²) < 4.78 is 5.04. The standard InChI is InChI=1S/C31H36N4O6/c1-20-7-4-5-9-25(20)34-30(40)32-24-12-10-23(11-13-24)31(2,3)35-15-6-8-21(29(35)39)17-27(36)33-26(18-28(37)38)22-14-16-41-19-22/h4-5,7,9-14,16,19,21,26H,6,8,15,17-18H2,1-3H3,(H,33,36)(H,37,38)(H2,32,34,40). The fourth-order valence-electron chi connectivity index (χ4n) is 5.19. The summed E-state index contributed by atoms with van der Waals surface area (Å²) >= 11 is 0. The molecule has 41 heavy (non-hydrogen) atoms. The van der Waals surface area contributed by atoms with Crippen molar-refractivity contribution in [2.24, 2.45) is 5.92 Å². The Morgan fingerprint density at radius 1 is 1.07 bits per heavy atom. The molecule has 1 aromatic heterocycles. The maximum absolute atomic E-state index is 13.6. The third kappa shape index (κ3) is 7.33. The molecule has 2 unspecified atom stereocenters. The number of urea groups is 1. The highest BCUT2D eigenvalue weighted by Gasteiger charge is 2.39. The van der Waals surface area contributed by atoms with Crippen molar-refractivity contribution in [2.45, 2.75) is 58.0 Å². The van der Waals surface area contributed by atoms with Crippen LogP contribution in [0.5, 0.6) is 0 Å². The van der Waals surface area contributed by atoms with Crippen LogP contribution < -0.4 is 16.0 Å². The first kappa shape index (κ1) is 29.4. The molecule has 0 saturated carbocycles. The number of piperidine rings is 1. The van der Waals surface area contributed by atoms with E-state index in [1.807, 2.05) is 57.2 Å². The van der Waals surface area contributed by atoms with Crippen molar-refractivity contribution in [3.8, 4) is 0 Å². The predicted octanol–water partition coefficient (Wildman–Crippen LogP) is 5.43. The number of nitrogens with one attached hydrogen (secondary N) is 3. The van der Waals surface area contributed by atoms with Gasteiger partial charge in [0, 0.05) is 35.8 Å². The topological polar surface area (TPSA) is 141 Å². The van der Waals surface area contributed by atoms with E-state index in [0.29, 0.717) is 24.2 Å². The number of anilines is 2. The molecule has 1 fully saturated rings. The number of para-hydroxylation sites is 1. The molecule has 1 saturated heterocycles. The van der Waals surface area contributed by atoms with Crippen LogP contribution in [0.3, 0.4) is 0 Å². The average Bonchev–Trinajstić information content (AvgIpc) is 3.46. The van der Waals surface area contributed by atoms with Gasteiger partial charge in [0.05, 0.1) is 30.5 Å². The maximum atomic E-state index is 13.6. The van der Waals surface area contributed by atoms with Crippen LogP contribution in [-0.4, -0.2) is 40.4 Å². The first-order chi connectivity index (χ1) is 19.5. The van der Waals surface area contributed by atoms with Crippen molar-refractivity contribution in [2.75, 3.05) is 17.2 Å². The lowest BCUT2D eigenvalue weighted by molar-refractivity contribution is -0.147. The molecular formula is C31H36N4O6. The molecule has 4 amide bonds. The monoisotopic (exact) mass is 560 g/mol. The van der Waals surface area contributed by atoms with E-state index in [-0.39, 0.29) is 30.7 Å². The van der Waals surface area contributed by atoms with Crippen LogP contribution in [0, 0.1) is 12.8 Å². The fraction of sp³-hybridized carbons (Fsp3) is 0.355. The van der Waals surface area contributed by atoms with Gasteiger partial charge in [-0.1, -0.05) is 30.3 Å². The van der Waals surface area contributed by atoms with E-state index in [1.165, 1.54) is 12.5 Å². The lowest BCUT2D eigenvalue weighted by Gasteiger charge is -2.44. The Bertz CT molecular complexity index is 1380. The van der Waals surface area contributed by atoms with Crippen LogP contribution >= 0.6 is 0 Å². The summed E-state index contributed by atoms with van der Waals surface area (Å²) in [5, 5.41) is 17.7. The van der Waals surface area contributed by atoms with Gasteiger partial charge in [0.1, 0.15) is 0 Å². The molecule has 216 valence electrons. The summed E-state index contributed by atoms with van der Waals surface area (Å²) in [5.74, 6) is -2.06. The molecule has 0 aliphatic carbocycles. The first-order valence-electron chi connectivity index (χ1n) is 13.6. The Hall–Kier alpha value is -4.60. The van der Waals surface area contributed by atoms with E-state index >= 15 is 0 Å². The number of furan rings is 1. The van der Waals surface area contributed by atoms with Crippen LogP contribution in [0.2, 0.25) is 0 Å². The smallest absolute Gasteiger partial charge is 0.323 e. The number of nitrogens with zero attached hydrogens (tertiary/aromatic N) is 1. The third-order valence-electron chi connectivity index (χ3n) is 7.56. The summed E-state index contributed by atoms with van der Waals surface area (Å²) in [7, 11) is 0. The Balaban J connectivity index is 1.38.